The average molecular weight is 317 g/mol. The number of amides is 1. The molecule has 23 heavy (non-hydrogen) atoms. The first-order chi connectivity index (χ1) is 10.9. The Kier molecular flexibility index (Phi) is 5.21. The Morgan fingerprint density at radius 3 is 2.39 bits per heavy atom. The number of carbonyl (C=O) groups excluding carboxylic acids is 2. The summed E-state index contributed by atoms with van der Waals surface area (Å²) in [6, 6.07) is 8.15. The molecule has 0 aliphatic rings. The highest BCUT2D eigenvalue weighted by atomic mass is 19.1. The normalized spacial score (nSPS) is 10.4. The summed E-state index contributed by atoms with van der Waals surface area (Å²) in [7, 11) is 0. The third kappa shape index (κ3) is 4.45. The van der Waals surface area contributed by atoms with E-state index in [0.29, 0.717) is 5.56 Å². The lowest BCUT2D eigenvalue weighted by molar-refractivity contribution is -0.116. The van der Waals surface area contributed by atoms with Gasteiger partial charge in [0, 0.05) is 24.5 Å². The van der Waals surface area contributed by atoms with Gasteiger partial charge in [0.2, 0.25) is 5.91 Å². The number of carbonyl (C=O) groups is 2. The Bertz CT molecular complexity index is 757. The minimum absolute atomic E-state index is 0.00523. The van der Waals surface area contributed by atoms with Crippen molar-refractivity contribution < 1.29 is 18.4 Å². The highest BCUT2D eigenvalue weighted by molar-refractivity contribution is 6.00. The second-order valence-electron chi connectivity index (χ2n) is 5.39. The van der Waals surface area contributed by atoms with Crippen molar-refractivity contribution in [1.82, 2.24) is 0 Å². The number of Topliss-reactive ketones (excluding diaryl/α,β-unsaturated/α-hetero) is 1. The van der Waals surface area contributed by atoms with E-state index in [1.807, 2.05) is 19.9 Å². The quantitative estimate of drug-likeness (QED) is 0.841. The molecule has 1 N–H and O–H groups in total. The fraction of sp³-hybridized carbons (Fsp3) is 0.222. The molecule has 0 bridgehead atoms. The predicted molar refractivity (Wildman–Crippen MR) is 84.5 cm³/mol. The van der Waals surface area contributed by atoms with Crippen LogP contribution in [-0.4, -0.2) is 11.7 Å². The SMILES string of the molecule is Cc1ccc(C(=O)CCC(=O)Nc2cc(F)ccc2F)cc1C. The second-order valence-corrected chi connectivity index (χ2v) is 5.39. The summed E-state index contributed by atoms with van der Waals surface area (Å²) < 4.78 is 26.5. The van der Waals surface area contributed by atoms with Gasteiger partial charge in [-0.2, -0.15) is 0 Å². The summed E-state index contributed by atoms with van der Waals surface area (Å²) in [5, 5.41) is 2.27. The number of halogens is 2. The maximum atomic E-state index is 13.4. The molecule has 0 unspecified atom stereocenters. The number of hydrogen-bond donors (Lipinski definition) is 1. The molecule has 5 heteroatoms. The minimum Gasteiger partial charge on any atom is -0.324 e. The molecule has 1 amide bonds. The Labute approximate surface area is 133 Å². The van der Waals surface area contributed by atoms with Crippen LogP contribution in [0.3, 0.4) is 0 Å². The van der Waals surface area contributed by atoms with Crippen molar-refractivity contribution >= 4 is 17.4 Å². The van der Waals surface area contributed by atoms with Gasteiger partial charge in [0.15, 0.2) is 5.78 Å². The molecular formula is C18H17F2NO2. The maximum absolute atomic E-state index is 13.4. The molecule has 2 rings (SSSR count). The molecule has 0 heterocycles. The summed E-state index contributed by atoms with van der Waals surface area (Å²) in [6.07, 6.45) is -0.0903. The van der Waals surface area contributed by atoms with Gasteiger partial charge in [-0.1, -0.05) is 12.1 Å². The van der Waals surface area contributed by atoms with E-state index in [0.717, 1.165) is 29.3 Å². The van der Waals surface area contributed by atoms with Gasteiger partial charge in [-0.25, -0.2) is 8.78 Å². The van der Waals surface area contributed by atoms with E-state index in [1.165, 1.54) is 0 Å². The highest BCUT2D eigenvalue weighted by Gasteiger charge is 2.12. The first kappa shape index (κ1) is 16.8. The summed E-state index contributed by atoms with van der Waals surface area (Å²) in [6.45, 7) is 3.86. The van der Waals surface area contributed by atoms with Crippen LogP contribution >= 0.6 is 0 Å². The topological polar surface area (TPSA) is 46.2 Å². The molecule has 0 aromatic heterocycles. The van der Waals surface area contributed by atoms with E-state index in [4.69, 9.17) is 0 Å². The number of ketones is 1. The monoisotopic (exact) mass is 317 g/mol. The number of benzene rings is 2. The summed E-state index contributed by atoms with van der Waals surface area (Å²) in [5.41, 5.74) is 2.40. The van der Waals surface area contributed by atoms with Gasteiger partial charge in [0.25, 0.3) is 0 Å². The fourth-order valence-corrected chi connectivity index (χ4v) is 2.09. The standard InChI is InChI=1S/C18H17F2NO2/c1-11-3-4-13(9-12(11)2)17(22)7-8-18(23)21-16-10-14(19)5-6-15(16)20/h3-6,9-10H,7-8H2,1-2H3,(H,21,23). The van der Waals surface area contributed by atoms with Crippen LogP contribution in [0.25, 0.3) is 0 Å². The summed E-state index contributed by atoms with van der Waals surface area (Å²) >= 11 is 0. The van der Waals surface area contributed by atoms with Gasteiger partial charge >= 0.3 is 0 Å². The smallest absolute Gasteiger partial charge is 0.224 e. The molecule has 0 fully saturated rings. The predicted octanol–water partition coefficient (Wildman–Crippen LogP) is 4.18. The Hall–Kier alpha value is -2.56. The Balaban J connectivity index is 1.94. The van der Waals surface area contributed by atoms with Crippen LogP contribution in [0, 0.1) is 25.5 Å². The largest absolute Gasteiger partial charge is 0.324 e. The average Bonchev–Trinajstić information content (AvgIpc) is 2.51. The lowest BCUT2D eigenvalue weighted by atomic mass is 10.0. The van der Waals surface area contributed by atoms with E-state index >= 15 is 0 Å². The maximum Gasteiger partial charge on any atom is 0.224 e. The third-order valence-corrected chi connectivity index (χ3v) is 3.61. The first-order valence-electron chi connectivity index (χ1n) is 7.22. The highest BCUT2D eigenvalue weighted by Crippen LogP contribution is 2.16. The first-order valence-corrected chi connectivity index (χ1v) is 7.22. The Morgan fingerprint density at radius 2 is 1.70 bits per heavy atom. The van der Waals surface area contributed by atoms with Gasteiger partial charge in [-0.15, -0.1) is 0 Å². The van der Waals surface area contributed by atoms with E-state index in [-0.39, 0.29) is 24.3 Å². The molecule has 0 radical (unpaired) electrons. The number of nitrogens with one attached hydrogen (secondary N) is 1. The number of hydrogen-bond acceptors (Lipinski definition) is 2. The molecule has 120 valence electrons. The third-order valence-electron chi connectivity index (χ3n) is 3.61. The van der Waals surface area contributed by atoms with Gasteiger partial charge in [0.1, 0.15) is 11.6 Å². The number of rotatable bonds is 5. The minimum atomic E-state index is -0.722. The van der Waals surface area contributed by atoms with Crippen molar-refractivity contribution in [3.05, 3.63) is 64.7 Å². The van der Waals surface area contributed by atoms with Gasteiger partial charge in [-0.3, -0.25) is 9.59 Å². The second kappa shape index (κ2) is 7.13. The molecule has 2 aromatic carbocycles. The lowest BCUT2D eigenvalue weighted by Crippen LogP contribution is -2.14. The van der Waals surface area contributed by atoms with Gasteiger partial charge in [0.05, 0.1) is 5.69 Å². The number of anilines is 1. The van der Waals surface area contributed by atoms with E-state index in [2.05, 4.69) is 5.32 Å². The van der Waals surface area contributed by atoms with Crippen molar-refractivity contribution in [2.75, 3.05) is 5.32 Å². The zero-order valence-electron chi connectivity index (χ0n) is 13.0. The molecule has 0 aliphatic heterocycles. The van der Waals surface area contributed by atoms with Crippen LogP contribution in [0.5, 0.6) is 0 Å². The van der Waals surface area contributed by atoms with Crippen molar-refractivity contribution in [1.29, 1.82) is 0 Å². The van der Waals surface area contributed by atoms with Gasteiger partial charge < -0.3 is 5.32 Å². The zero-order chi connectivity index (χ0) is 17.0. The van der Waals surface area contributed by atoms with Gasteiger partial charge in [-0.05, 0) is 43.2 Å². The van der Waals surface area contributed by atoms with Crippen LogP contribution in [0.4, 0.5) is 14.5 Å². The molecule has 3 nitrogen and oxygen atoms in total. The van der Waals surface area contributed by atoms with Crippen LogP contribution < -0.4 is 5.32 Å². The van der Waals surface area contributed by atoms with E-state index in [1.54, 1.807) is 12.1 Å². The molecule has 0 atom stereocenters. The molecule has 0 saturated heterocycles. The van der Waals surface area contributed by atoms with Crippen molar-refractivity contribution in [2.24, 2.45) is 0 Å². The van der Waals surface area contributed by atoms with E-state index in [9.17, 15) is 18.4 Å². The summed E-state index contributed by atoms with van der Waals surface area (Å²) in [5.74, 6) is -2.07. The van der Waals surface area contributed by atoms with Crippen LogP contribution in [0.2, 0.25) is 0 Å². The van der Waals surface area contributed by atoms with Crippen molar-refractivity contribution in [3.8, 4) is 0 Å². The molecule has 0 aliphatic carbocycles. The van der Waals surface area contributed by atoms with Crippen LogP contribution in [0.1, 0.15) is 34.3 Å². The van der Waals surface area contributed by atoms with Crippen LogP contribution in [-0.2, 0) is 4.79 Å². The molecular weight excluding hydrogens is 300 g/mol. The summed E-state index contributed by atoms with van der Waals surface area (Å²) in [4.78, 5) is 23.9. The van der Waals surface area contributed by atoms with E-state index < -0.39 is 17.5 Å². The molecule has 0 saturated carbocycles. The lowest BCUT2D eigenvalue weighted by Gasteiger charge is -2.07. The molecule has 2 aromatic rings. The van der Waals surface area contributed by atoms with Crippen molar-refractivity contribution in [2.45, 2.75) is 26.7 Å². The number of aryl methyl sites for hydroxylation is 2. The molecule has 0 spiro atoms. The van der Waals surface area contributed by atoms with Crippen molar-refractivity contribution in [3.63, 3.8) is 0 Å². The fourth-order valence-electron chi connectivity index (χ4n) is 2.09. The van der Waals surface area contributed by atoms with Crippen LogP contribution in [0.15, 0.2) is 36.4 Å². The Morgan fingerprint density at radius 1 is 0.957 bits per heavy atom. The zero-order valence-corrected chi connectivity index (χ0v) is 13.0.